The van der Waals surface area contributed by atoms with Crippen LogP contribution in [0.2, 0.25) is 0 Å². The van der Waals surface area contributed by atoms with Crippen LogP contribution in [0.5, 0.6) is 0 Å². The molecule has 0 aliphatic rings. The van der Waals surface area contributed by atoms with Crippen LogP contribution in [-0.4, -0.2) is 6.54 Å². The van der Waals surface area contributed by atoms with Crippen molar-refractivity contribution in [2.24, 2.45) is 11.7 Å². The van der Waals surface area contributed by atoms with E-state index >= 15 is 0 Å². The van der Waals surface area contributed by atoms with Crippen molar-refractivity contribution in [3.8, 4) is 0 Å². The first-order valence-electron chi connectivity index (χ1n) is 4.96. The molecule has 0 fully saturated rings. The molecule has 0 amide bonds. The van der Waals surface area contributed by atoms with E-state index in [1.165, 1.54) is 10.9 Å². The lowest BCUT2D eigenvalue weighted by Gasteiger charge is -2.05. The third kappa shape index (κ3) is 1.66. The molecule has 0 saturated heterocycles. The predicted molar refractivity (Wildman–Crippen MR) is 58.1 cm³/mol. The molecule has 2 nitrogen and oxygen atoms in total. The molecule has 0 spiro atoms. The van der Waals surface area contributed by atoms with Gasteiger partial charge in [-0.15, -0.1) is 0 Å². The Morgan fingerprint density at radius 3 is 2.93 bits per heavy atom. The molecule has 2 rings (SSSR count). The number of hydrogen-bond acceptors (Lipinski definition) is 2. The average molecular weight is 189 g/mol. The molecule has 1 heterocycles. The molecule has 0 aliphatic carbocycles. The van der Waals surface area contributed by atoms with Gasteiger partial charge in [0.25, 0.3) is 0 Å². The molecule has 0 bridgehead atoms. The van der Waals surface area contributed by atoms with E-state index in [1.807, 2.05) is 24.5 Å². The van der Waals surface area contributed by atoms with Gasteiger partial charge < -0.3 is 10.2 Å². The maximum atomic E-state index is 5.60. The topological polar surface area (TPSA) is 39.2 Å². The molecule has 1 aromatic carbocycles. The molecule has 0 radical (unpaired) electrons. The summed E-state index contributed by atoms with van der Waals surface area (Å²) in [6.07, 6.45) is 2.84. The van der Waals surface area contributed by atoms with E-state index < -0.39 is 0 Å². The fourth-order valence-electron chi connectivity index (χ4n) is 1.65. The van der Waals surface area contributed by atoms with Gasteiger partial charge in [0.1, 0.15) is 5.58 Å². The summed E-state index contributed by atoms with van der Waals surface area (Å²) in [5.41, 5.74) is 7.83. The molecule has 1 unspecified atom stereocenters. The summed E-state index contributed by atoms with van der Waals surface area (Å²) in [6.45, 7) is 2.88. The molecule has 74 valence electrons. The van der Waals surface area contributed by atoms with Crippen molar-refractivity contribution in [3.05, 3.63) is 36.1 Å². The smallest absolute Gasteiger partial charge is 0.134 e. The standard InChI is InChI=1S/C12H15NO/c1-9(7-13)6-10-8-14-12-5-3-2-4-11(10)12/h2-5,8-9H,6-7,13H2,1H3. The predicted octanol–water partition coefficient (Wildman–Crippen LogP) is 2.57. The number of rotatable bonds is 3. The van der Waals surface area contributed by atoms with Crippen LogP contribution in [0.15, 0.2) is 34.9 Å². The summed E-state index contributed by atoms with van der Waals surface area (Å²) in [7, 11) is 0. The third-order valence-electron chi connectivity index (χ3n) is 2.53. The molecule has 2 N–H and O–H groups in total. The number of fused-ring (bicyclic) bond motifs is 1. The lowest BCUT2D eigenvalue weighted by molar-refractivity contribution is 0.573. The van der Waals surface area contributed by atoms with Crippen LogP contribution in [0.25, 0.3) is 11.0 Å². The highest BCUT2D eigenvalue weighted by atomic mass is 16.3. The second-order valence-electron chi connectivity index (χ2n) is 3.80. The molecule has 0 saturated carbocycles. The molecule has 2 aromatic rings. The molecule has 1 aromatic heterocycles. The molecule has 2 heteroatoms. The van der Waals surface area contributed by atoms with Gasteiger partial charge in [0.2, 0.25) is 0 Å². The van der Waals surface area contributed by atoms with Crippen LogP contribution in [0, 0.1) is 5.92 Å². The van der Waals surface area contributed by atoms with E-state index in [4.69, 9.17) is 10.2 Å². The maximum Gasteiger partial charge on any atom is 0.134 e. The summed E-state index contributed by atoms with van der Waals surface area (Å²) < 4.78 is 5.45. The Labute approximate surface area is 83.7 Å². The van der Waals surface area contributed by atoms with Crippen molar-refractivity contribution in [1.82, 2.24) is 0 Å². The van der Waals surface area contributed by atoms with Crippen molar-refractivity contribution < 1.29 is 4.42 Å². The van der Waals surface area contributed by atoms with E-state index in [2.05, 4.69) is 13.0 Å². The summed E-state index contributed by atoms with van der Waals surface area (Å²) in [4.78, 5) is 0. The van der Waals surface area contributed by atoms with E-state index in [1.54, 1.807) is 0 Å². The van der Waals surface area contributed by atoms with Crippen molar-refractivity contribution in [3.63, 3.8) is 0 Å². The molecular weight excluding hydrogens is 174 g/mol. The van der Waals surface area contributed by atoms with Gasteiger partial charge in [0.15, 0.2) is 0 Å². The summed E-state index contributed by atoms with van der Waals surface area (Å²) in [5, 5.41) is 1.22. The zero-order valence-electron chi connectivity index (χ0n) is 8.36. The summed E-state index contributed by atoms with van der Waals surface area (Å²) in [6, 6.07) is 8.11. The Morgan fingerprint density at radius 2 is 2.14 bits per heavy atom. The lowest BCUT2D eigenvalue weighted by atomic mass is 10.0. The number of benzene rings is 1. The Morgan fingerprint density at radius 1 is 1.36 bits per heavy atom. The second kappa shape index (κ2) is 3.84. The van der Waals surface area contributed by atoms with Gasteiger partial charge in [-0.1, -0.05) is 25.1 Å². The minimum Gasteiger partial charge on any atom is -0.464 e. The fraction of sp³-hybridized carbons (Fsp3) is 0.333. The molecular formula is C12H15NO. The van der Waals surface area contributed by atoms with Crippen LogP contribution in [0.3, 0.4) is 0 Å². The number of nitrogens with two attached hydrogens (primary N) is 1. The van der Waals surface area contributed by atoms with Crippen LogP contribution in [0.4, 0.5) is 0 Å². The van der Waals surface area contributed by atoms with Gasteiger partial charge in [-0.25, -0.2) is 0 Å². The Kier molecular flexibility index (Phi) is 2.55. The molecule has 0 aliphatic heterocycles. The quantitative estimate of drug-likeness (QED) is 0.806. The lowest BCUT2D eigenvalue weighted by Crippen LogP contribution is -2.12. The highest BCUT2D eigenvalue weighted by Gasteiger charge is 2.07. The first kappa shape index (κ1) is 9.28. The van der Waals surface area contributed by atoms with Crippen molar-refractivity contribution in [2.75, 3.05) is 6.54 Å². The fourth-order valence-corrected chi connectivity index (χ4v) is 1.65. The van der Waals surface area contributed by atoms with Crippen LogP contribution < -0.4 is 5.73 Å². The van der Waals surface area contributed by atoms with Crippen LogP contribution in [-0.2, 0) is 6.42 Å². The van der Waals surface area contributed by atoms with E-state index in [-0.39, 0.29) is 0 Å². The van der Waals surface area contributed by atoms with Gasteiger partial charge in [-0.2, -0.15) is 0 Å². The number of para-hydroxylation sites is 1. The highest BCUT2D eigenvalue weighted by Crippen LogP contribution is 2.22. The SMILES string of the molecule is CC(CN)Cc1coc2ccccc12. The number of furan rings is 1. The first-order chi connectivity index (χ1) is 6.81. The van der Waals surface area contributed by atoms with Gasteiger partial charge in [0, 0.05) is 5.39 Å². The van der Waals surface area contributed by atoms with E-state index in [9.17, 15) is 0 Å². The van der Waals surface area contributed by atoms with Crippen LogP contribution >= 0.6 is 0 Å². The van der Waals surface area contributed by atoms with E-state index in [0.717, 1.165) is 18.5 Å². The van der Waals surface area contributed by atoms with Gasteiger partial charge in [0.05, 0.1) is 6.26 Å². The Hall–Kier alpha value is -1.28. The average Bonchev–Trinajstić information content (AvgIpc) is 2.62. The Bertz CT molecular complexity index is 419. The zero-order chi connectivity index (χ0) is 9.97. The zero-order valence-corrected chi connectivity index (χ0v) is 8.36. The van der Waals surface area contributed by atoms with Crippen molar-refractivity contribution >= 4 is 11.0 Å². The number of hydrogen-bond donors (Lipinski definition) is 1. The third-order valence-corrected chi connectivity index (χ3v) is 2.53. The molecule has 1 atom stereocenters. The van der Waals surface area contributed by atoms with Crippen LogP contribution in [0.1, 0.15) is 12.5 Å². The molecule has 14 heavy (non-hydrogen) atoms. The second-order valence-corrected chi connectivity index (χ2v) is 3.80. The monoisotopic (exact) mass is 189 g/mol. The highest BCUT2D eigenvalue weighted by molar-refractivity contribution is 5.80. The summed E-state index contributed by atoms with van der Waals surface area (Å²) >= 11 is 0. The van der Waals surface area contributed by atoms with Gasteiger partial charge >= 0.3 is 0 Å². The maximum absolute atomic E-state index is 5.60. The van der Waals surface area contributed by atoms with Gasteiger partial charge in [-0.3, -0.25) is 0 Å². The minimum atomic E-state index is 0.510. The largest absolute Gasteiger partial charge is 0.464 e. The van der Waals surface area contributed by atoms with Gasteiger partial charge in [-0.05, 0) is 30.5 Å². The normalized spacial score (nSPS) is 13.3. The van der Waals surface area contributed by atoms with Crippen molar-refractivity contribution in [2.45, 2.75) is 13.3 Å². The van der Waals surface area contributed by atoms with E-state index in [0.29, 0.717) is 5.92 Å². The van der Waals surface area contributed by atoms with Crippen molar-refractivity contribution in [1.29, 1.82) is 0 Å². The summed E-state index contributed by atoms with van der Waals surface area (Å²) in [5.74, 6) is 0.510. The minimum absolute atomic E-state index is 0.510. The Balaban J connectivity index is 2.33. The first-order valence-corrected chi connectivity index (χ1v) is 4.96.